The summed E-state index contributed by atoms with van der Waals surface area (Å²) >= 11 is 0. The number of rotatable bonds is 9. The van der Waals surface area contributed by atoms with Crippen molar-refractivity contribution in [1.29, 1.82) is 0 Å². The smallest absolute Gasteiger partial charge is 0.251 e. The second-order valence-corrected chi connectivity index (χ2v) is 11.9. The molecule has 38 heavy (non-hydrogen) atoms. The minimum atomic E-state index is -3.97. The van der Waals surface area contributed by atoms with Gasteiger partial charge in [-0.2, -0.15) is 0 Å². The summed E-state index contributed by atoms with van der Waals surface area (Å²) < 4.78 is 29.3. The minimum absolute atomic E-state index is 0.0976. The van der Waals surface area contributed by atoms with E-state index in [1.165, 1.54) is 0 Å². The van der Waals surface area contributed by atoms with Crippen LogP contribution in [0.5, 0.6) is 0 Å². The maximum atomic E-state index is 13.3. The first-order valence-corrected chi connectivity index (χ1v) is 14.2. The van der Waals surface area contributed by atoms with Crippen LogP contribution in [0.1, 0.15) is 53.9 Å². The van der Waals surface area contributed by atoms with Crippen LogP contribution < -0.4 is 15.4 Å². The Bertz CT molecular complexity index is 1380. The van der Waals surface area contributed by atoms with Crippen LogP contribution in [0.4, 0.5) is 5.69 Å². The number of aryl methyl sites for hydroxylation is 1. The van der Waals surface area contributed by atoms with Gasteiger partial charge in [-0.1, -0.05) is 49.4 Å². The first-order valence-electron chi connectivity index (χ1n) is 12.7. The molecule has 1 aliphatic rings. The third kappa shape index (κ3) is 6.07. The maximum absolute atomic E-state index is 13.3. The molecule has 8 nitrogen and oxygen atoms in total. The lowest BCUT2D eigenvalue weighted by atomic mass is 9.82. The van der Waals surface area contributed by atoms with Gasteiger partial charge in [0.15, 0.2) is 0 Å². The van der Waals surface area contributed by atoms with Gasteiger partial charge in [-0.3, -0.25) is 4.79 Å². The van der Waals surface area contributed by atoms with E-state index in [0.29, 0.717) is 23.2 Å². The number of aliphatic hydroxyl groups is 2. The summed E-state index contributed by atoms with van der Waals surface area (Å²) in [6.07, 6.45) is 0.124. The van der Waals surface area contributed by atoms with Crippen molar-refractivity contribution >= 4 is 21.6 Å². The number of amides is 1. The molecule has 3 atom stereocenters. The molecule has 9 heteroatoms. The van der Waals surface area contributed by atoms with Gasteiger partial charge in [-0.25, -0.2) is 13.1 Å². The molecule has 0 fully saturated rings. The predicted molar refractivity (Wildman–Crippen MR) is 148 cm³/mol. The van der Waals surface area contributed by atoms with Crippen LogP contribution in [-0.4, -0.2) is 48.8 Å². The van der Waals surface area contributed by atoms with E-state index >= 15 is 0 Å². The van der Waals surface area contributed by atoms with Crippen LogP contribution >= 0.6 is 0 Å². The van der Waals surface area contributed by atoms with E-state index in [2.05, 4.69) is 15.4 Å². The van der Waals surface area contributed by atoms with Crippen LogP contribution in [0.2, 0.25) is 0 Å². The van der Waals surface area contributed by atoms with Gasteiger partial charge in [0.1, 0.15) is 0 Å². The van der Waals surface area contributed by atoms with Crippen molar-refractivity contribution in [1.82, 2.24) is 10.0 Å². The maximum Gasteiger partial charge on any atom is 0.251 e. The fourth-order valence-electron chi connectivity index (χ4n) is 4.68. The zero-order valence-electron chi connectivity index (χ0n) is 21.8. The van der Waals surface area contributed by atoms with Gasteiger partial charge in [-0.05, 0) is 73.7 Å². The number of carbonyl (C=O) groups excluding carboxylic acids is 1. The average molecular weight is 538 g/mol. The molecule has 202 valence electrons. The Morgan fingerprint density at radius 3 is 2.34 bits per heavy atom. The molecule has 0 aliphatic carbocycles. The third-order valence-corrected chi connectivity index (χ3v) is 8.42. The molecular formula is C29H35N3O5S. The van der Waals surface area contributed by atoms with Gasteiger partial charge in [0.2, 0.25) is 10.0 Å². The fourth-order valence-corrected chi connectivity index (χ4v) is 5.90. The van der Waals surface area contributed by atoms with Gasteiger partial charge < -0.3 is 20.8 Å². The average Bonchev–Trinajstić information content (AvgIpc) is 2.91. The van der Waals surface area contributed by atoms with Gasteiger partial charge in [0, 0.05) is 11.3 Å². The summed E-state index contributed by atoms with van der Waals surface area (Å²) in [5.74, 6) is -0.404. The normalized spacial score (nSPS) is 19.2. The Balaban J connectivity index is 1.61. The highest BCUT2D eigenvalue weighted by molar-refractivity contribution is 7.89. The van der Waals surface area contributed by atoms with Crippen molar-refractivity contribution in [2.24, 2.45) is 0 Å². The van der Waals surface area contributed by atoms with Crippen molar-refractivity contribution in [3.63, 3.8) is 0 Å². The third-order valence-electron chi connectivity index (χ3n) is 6.97. The Morgan fingerprint density at radius 2 is 1.71 bits per heavy atom. The number of aliphatic hydroxyl groups excluding tert-OH is 2. The first kappa shape index (κ1) is 27.8. The molecule has 0 radical (unpaired) electrons. The molecule has 0 aromatic heterocycles. The van der Waals surface area contributed by atoms with E-state index in [4.69, 9.17) is 0 Å². The monoisotopic (exact) mass is 537 g/mol. The van der Waals surface area contributed by atoms with Crippen LogP contribution in [0, 0.1) is 0 Å². The SMILES string of the molecule is CCc1ccc(S(=O)(=O)N[C@@H]2c3cc(C(=O)N[C@H](CO)Cc4ccccc4)ccc3NC(C)(C)[C@H]2O)cc1. The summed E-state index contributed by atoms with van der Waals surface area (Å²) in [6.45, 7) is 5.32. The summed E-state index contributed by atoms with van der Waals surface area (Å²) in [5, 5.41) is 27.1. The van der Waals surface area contributed by atoms with Crippen LogP contribution in [0.3, 0.4) is 0 Å². The van der Waals surface area contributed by atoms with E-state index in [1.807, 2.05) is 37.3 Å². The van der Waals surface area contributed by atoms with E-state index < -0.39 is 39.7 Å². The molecule has 0 unspecified atom stereocenters. The van der Waals surface area contributed by atoms with Gasteiger partial charge in [0.05, 0.1) is 35.2 Å². The molecule has 1 aliphatic heterocycles. The number of nitrogens with one attached hydrogen (secondary N) is 3. The summed E-state index contributed by atoms with van der Waals surface area (Å²) in [5.41, 5.74) is 2.53. The van der Waals surface area contributed by atoms with Gasteiger partial charge in [-0.15, -0.1) is 0 Å². The lowest BCUT2D eigenvalue weighted by Crippen LogP contribution is -2.54. The Kier molecular flexibility index (Phi) is 8.22. The van der Waals surface area contributed by atoms with Crippen LogP contribution in [0.15, 0.2) is 77.7 Å². The molecule has 1 amide bonds. The summed E-state index contributed by atoms with van der Waals surface area (Å²) in [4.78, 5) is 13.2. The number of benzene rings is 3. The van der Waals surface area contributed by atoms with Gasteiger partial charge >= 0.3 is 0 Å². The minimum Gasteiger partial charge on any atom is -0.394 e. The quantitative estimate of drug-likeness (QED) is 0.285. The highest BCUT2D eigenvalue weighted by Gasteiger charge is 2.43. The summed E-state index contributed by atoms with van der Waals surface area (Å²) in [6, 6.07) is 19.6. The number of sulfonamides is 1. The molecule has 0 saturated heterocycles. The topological polar surface area (TPSA) is 128 Å². The van der Waals surface area contributed by atoms with Crippen molar-refractivity contribution in [2.75, 3.05) is 11.9 Å². The Labute approximate surface area is 224 Å². The Hall–Kier alpha value is -3.24. The van der Waals surface area contributed by atoms with Crippen LogP contribution in [0.25, 0.3) is 0 Å². The van der Waals surface area contributed by atoms with E-state index in [9.17, 15) is 23.4 Å². The largest absolute Gasteiger partial charge is 0.394 e. The summed E-state index contributed by atoms with van der Waals surface area (Å²) in [7, 11) is -3.97. The highest BCUT2D eigenvalue weighted by atomic mass is 32.2. The zero-order valence-corrected chi connectivity index (χ0v) is 22.6. The molecule has 3 aromatic carbocycles. The lowest BCUT2D eigenvalue weighted by Gasteiger charge is -2.43. The highest BCUT2D eigenvalue weighted by Crippen LogP contribution is 2.39. The predicted octanol–water partition coefficient (Wildman–Crippen LogP) is 3.17. The number of carbonyl (C=O) groups is 1. The van der Waals surface area contributed by atoms with Crippen molar-refractivity contribution < 1.29 is 23.4 Å². The molecule has 0 saturated carbocycles. The molecule has 4 rings (SSSR count). The molecule has 1 heterocycles. The van der Waals surface area contributed by atoms with E-state index in [1.54, 1.807) is 56.3 Å². The first-order chi connectivity index (χ1) is 18.0. The molecule has 0 spiro atoms. The number of hydrogen-bond acceptors (Lipinski definition) is 6. The second-order valence-electron chi connectivity index (χ2n) is 10.2. The molecule has 3 aromatic rings. The molecule has 0 bridgehead atoms. The van der Waals surface area contributed by atoms with Crippen molar-refractivity contribution in [3.8, 4) is 0 Å². The Morgan fingerprint density at radius 1 is 1.03 bits per heavy atom. The van der Waals surface area contributed by atoms with Crippen molar-refractivity contribution in [2.45, 2.75) is 62.2 Å². The molecule has 5 N–H and O–H groups in total. The van der Waals surface area contributed by atoms with E-state index in [0.717, 1.165) is 17.5 Å². The standard InChI is InChI=1S/C29H35N3O5S/c1-4-19-10-13-23(14-11-19)38(36,37)32-26-24-17-21(12-15-25(24)31-29(2,3)27(26)34)28(35)30-22(18-33)16-20-8-6-5-7-9-20/h5-15,17,22,26-27,31-34H,4,16,18H2,1-3H3,(H,30,35)/t22-,26+,27-/m0/s1. The van der Waals surface area contributed by atoms with Crippen molar-refractivity contribution in [3.05, 3.63) is 95.1 Å². The molecular weight excluding hydrogens is 502 g/mol. The zero-order chi connectivity index (χ0) is 27.5. The van der Waals surface area contributed by atoms with Gasteiger partial charge in [0.25, 0.3) is 5.91 Å². The lowest BCUT2D eigenvalue weighted by molar-refractivity contribution is 0.0769. The number of anilines is 1. The van der Waals surface area contributed by atoms with Crippen LogP contribution in [-0.2, 0) is 22.9 Å². The van der Waals surface area contributed by atoms with E-state index in [-0.39, 0.29) is 11.5 Å². The number of hydrogen-bond donors (Lipinski definition) is 5. The second kappa shape index (κ2) is 11.2. The fraction of sp³-hybridized carbons (Fsp3) is 0.345. The number of fused-ring (bicyclic) bond motifs is 1.